The van der Waals surface area contributed by atoms with Crippen LogP contribution in [0.15, 0.2) is 35.1 Å². The van der Waals surface area contributed by atoms with Gasteiger partial charge in [0.2, 0.25) is 5.56 Å². The Balaban J connectivity index is 1.06. The van der Waals surface area contributed by atoms with Gasteiger partial charge in [0, 0.05) is 37.6 Å². The topological polar surface area (TPSA) is 92.8 Å². The summed E-state index contributed by atoms with van der Waals surface area (Å²) in [6.07, 6.45) is 1.96. The fourth-order valence-corrected chi connectivity index (χ4v) is 4.35. The summed E-state index contributed by atoms with van der Waals surface area (Å²) in [5.41, 5.74) is 2.26. The molecule has 2 aliphatic heterocycles. The number of nitrogens with one attached hydrogen (secondary N) is 1. The van der Waals surface area contributed by atoms with Crippen LogP contribution in [0.5, 0.6) is 17.5 Å². The second-order valence-corrected chi connectivity index (χ2v) is 8.36. The van der Waals surface area contributed by atoms with Gasteiger partial charge in [-0.3, -0.25) is 9.69 Å². The summed E-state index contributed by atoms with van der Waals surface area (Å²) < 4.78 is 17.4. The van der Waals surface area contributed by atoms with Gasteiger partial charge < -0.3 is 24.1 Å². The lowest BCUT2D eigenvalue weighted by Crippen LogP contribution is -2.46. The Bertz CT molecular complexity index is 1170. The van der Waals surface area contributed by atoms with Crippen molar-refractivity contribution in [3.63, 3.8) is 0 Å². The van der Waals surface area contributed by atoms with Crippen LogP contribution in [0, 0.1) is 6.92 Å². The van der Waals surface area contributed by atoms with Crippen LogP contribution in [0.4, 0.5) is 5.69 Å². The quantitative estimate of drug-likeness (QED) is 0.548. The summed E-state index contributed by atoms with van der Waals surface area (Å²) in [5.74, 6) is 1.72. The van der Waals surface area contributed by atoms with Gasteiger partial charge in [0.15, 0.2) is 11.5 Å². The van der Waals surface area contributed by atoms with Gasteiger partial charge in [0.05, 0.1) is 18.0 Å². The van der Waals surface area contributed by atoms with Gasteiger partial charge in [-0.1, -0.05) is 6.07 Å². The first-order valence-corrected chi connectivity index (χ1v) is 11.5. The molecule has 0 aliphatic carbocycles. The predicted molar refractivity (Wildman–Crippen MR) is 126 cm³/mol. The molecule has 1 fully saturated rings. The number of anilines is 1. The Morgan fingerprint density at radius 1 is 1.03 bits per heavy atom. The lowest BCUT2D eigenvalue weighted by atomic mass is 10.2. The highest BCUT2D eigenvalue weighted by atomic mass is 16.6. The molecular weight excluding hydrogens is 422 g/mol. The van der Waals surface area contributed by atoms with Crippen LogP contribution >= 0.6 is 0 Å². The third-order valence-corrected chi connectivity index (χ3v) is 6.12. The number of para-hydroxylation sites is 1. The van der Waals surface area contributed by atoms with Crippen LogP contribution in [-0.4, -0.2) is 72.4 Å². The number of aromatic amines is 1. The second kappa shape index (κ2) is 9.66. The molecule has 1 N–H and O–H groups in total. The summed E-state index contributed by atoms with van der Waals surface area (Å²) in [5, 5.41) is 0.830. The number of ether oxygens (including phenoxy) is 3. The number of rotatable bonds is 7. The molecule has 0 amide bonds. The summed E-state index contributed by atoms with van der Waals surface area (Å²) in [6.45, 7) is 8.67. The first-order valence-electron chi connectivity index (χ1n) is 11.5. The van der Waals surface area contributed by atoms with Gasteiger partial charge in [-0.2, -0.15) is 9.97 Å². The van der Waals surface area contributed by atoms with Crippen molar-refractivity contribution in [3.05, 3.63) is 46.4 Å². The van der Waals surface area contributed by atoms with E-state index in [1.54, 1.807) is 6.07 Å². The number of piperazine rings is 1. The standard InChI is InChI=1S/C24H29N5O4/c1-17-18-7-8-21(30)26-23(18)27-24(25-17)33-14-3-2-9-28-10-12-29(13-11-28)19-5-4-6-20-22(19)32-16-15-31-20/h4-8H,2-3,9-16H2,1H3,(H,25,26,27,30). The van der Waals surface area contributed by atoms with Crippen LogP contribution in [0.1, 0.15) is 18.5 Å². The molecule has 3 aromatic rings. The molecule has 5 rings (SSSR count). The van der Waals surface area contributed by atoms with Gasteiger partial charge in [0.25, 0.3) is 0 Å². The monoisotopic (exact) mass is 451 g/mol. The van der Waals surface area contributed by atoms with Crippen LogP contribution in [0.2, 0.25) is 0 Å². The van der Waals surface area contributed by atoms with Gasteiger partial charge in [-0.15, -0.1) is 0 Å². The molecule has 0 saturated carbocycles. The van der Waals surface area contributed by atoms with Crippen LogP contribution in [0.3, 0.4) is 0 Å². The van der Waals surface area contributed by atoms with E-state index in [2.05, 4.69) is 30.8 Å². The van der Waals surface area contributed by atoms with Crippen molar-refractivity contribution in [2.24, 2.45) is 0 Å². The number of nitrogens with zero attached hydrogens (tertiary/aromatic N) is 4. The predicted octanol–water partition coefficient (Wildman–Crippen LogP) is 2.38. The molecule has 33 heavy (non-hydrogen) atoms. The van der Waals surface area contributed by atoms with Crippen molar-refractivity contribution in [1.82, 2.24) is 19.9 Å². The minimum atomic E-state index is -0.181. The van der Waals surface area contributed by atoms with Gasteiger partial charge in [-0.25, -0.2) is 0 Å². The number of aromatic nitrogens is 3. The minimum Gasteiger partial charge on any atom is -0.486 e. The Morgan fingerprint density at radius 2 is 1.88 bits per heavy atom. The van der Waals surface area contributed by atoms with E-state index in [1.807, 2.05) is 19.1 Å². The smallest absolute Gasteiger partial charge is 0.318 e. The van der Waals surface area contributed by atoms with Crippen LogP contribution in [-0.2, 0) is 0 Å². The Morgan fingerprint density at radius 3 is 2.76 bits per heavy atom. The second-order valence-electron chi connectivity index (χ2n) is 8.36. The van der Waals surface area contributed by atoms with E-state index in [-0.39, 0.29) is 5.56 Å². The van der Waals surface area contributed by atoms with E-state index in [0.29, 0.717) is 31.5 Å². The fourth-order valence-electron chi connectivity index (χ4n) is 4.35. The average molecular weight is 452 g/mol. The third kappa shape index (κ3) is 4.88. The molecule has 0 radical (unpaired) electrons. The normalized spacial score (nSPS) is 16.2. The number of pyridine rings is 1. The van der Waals surface area contributed by atoms with Crippen molar-refractivity contribution >= 4 is 16.7 Å². The zero-order chi connectivity index (χ0) is 22.6. The van der Waals surface area contributed by atoms with E-state index in [1.165, 1.54) is 6.07 Å². The van der Waals surface area contributed by atoms with E-state index >= 15 is 0 Å². The van der Waals surface area contributed by atoms with Crippen molar-refractivity contribution < 1.29 is 14.2 Å². The van der Waals surface area contributed by atoms with E-state index in [4.69, 9.17) is 14.2 Å². The lowest BCUT2D eigenvalue weighted by Gasteiger charge is -2.37. The van der Waals surface area contributed by atoms with Gasteiger partial charge in [0.1, 0.15) is 18.9 Å². The Labute approximate surface area is 192 Å². The number of H-pyrrole nitrogens is 1. The lowest BCUT2D eigenvalue weighted by molar-refractivity contribution is 0.171. The van der Waals surface area contributed by atoms with Crippen molar-refractivity contribution in [2.75, 3.05) is 57.4 Å². The van der Waals surface area contributed by atoms with E-state index in [0.717, 1.165) is 73.8 Å². The highest BCUT2D eigenvalue weighted by Crippen LogP contribution is 2.39. The molecule has 0 atom stereocenters. The molecule has 2 aliphatic rings. The molecule has 1 aromatic carbocycles. The van der Waals surface area contributed by atoms with E-state index < -0.39 is 0 Å². The maximum atomic E-state index is 11.5. The van der Waals surface area contributed by atoms with Gasteiger partial charge >= 0.3 is 6.01 Å². The molecule has 0 bridgehead atoms. The summed E-state index contributed by atoms with van der Waals surface area (Å²) in [4.78, 5) is 27.9. The van der Waals surface area contributed by atoms with Crippen LogP contribution in [0.25, 0.3) is 11.0 Å². The molecule has 9 nitrogen and oxygen atoms in total. The SMILES string of the molecule is Cc1nc(OCCCCN2CCN(c3cccc4c3OCCO4)CC2)nc2[nH]c(=O)ccc12. The number of hydrogen-bond acceptors (Lipinski definition) is 8. The first-order chi connectivity index (χ1) is 16.2. The number of aryl methyl sites for hydroxylation is 1. The number of fused-ring (bicyclic) bond motifs is 2. The number of unbranched alkanes of at least 4 members (excludes halogenated alkanes) is 1. The van der Waals surface area contributed by atoms with Crippen molar-refractivity contribution in [3.8, 4) is 17.5 Å². The first kappa shape index (κ1) is 21.5. The van der Waals surface area contributed by atoms with E-state index in [9.17, 15) is 4.79 Å². The molecule has 2 aromatic heterocycles. The molecule has 4 heterocycles. The Kier molecular flexibility index (Phi) is 6.30. The Hall–Kier alpha value is -3.33. The molecule has 0 spiro atoms. The van der Waals surface area contributed by atoms with Gasteiger partial charge in [-0.05, 0) is 44.5 Å². The third-order valence-electron chi connectivity index (χ3n) is 6.12. The number of benzene rings is 1. The summed E-state index contributed by atoms with van der Waals surface area (Å²) >= 11 is 0. The highest BCUT2D eigenvalue weighted by molar-refractivity contribution is 5.76. The maximum absolute atomic E-state index is 11.5. The molecule has 0 unspecified atom stereocenters. The summed E-state index contributed by atoms with van der Waals surface area (Å²) in [7, 11) is 0. The van der Waals surface area contributed by atoms with Crippen LogP contribution < -0.4 is 24.7 Å². The maximum Gasteiger partial charge on any atom is 0.318 e. The van der Waals surface area contributed by atoms with Crippen molar-refractivity contribution in [2.45, 2.75) is 19.8 Å². The average Bonchev–Trinajstić information content (AvgIpc) is 2.84. The zero-order valence-electron chi connectivity index (χ0n) is 18.9. The fraction of sp³-hybridized carbons (Fsp3) is 0.458. The van der Waals surface area contributed by atoms with Crippen molar-refractivity contribution in [1.29, 1.82) is 0 Å². The molecular formula is C24H29N5O4. The largest absolute Gasteiger partial charge is 0.486 e. The minimum absolute atomic E-state index is 0.181. The number of hydrogen-bond donors (Lipinski definition) is 1. The summed E-state index contributed by atoms with van der Waals surface area (Å²) in [6, 6.07) is 9.66. The highest BCUT2D eigenvalue weighted by Gasteiger charge is 2.23. The zero-order valence-corrected chi connectivity index (χ0v) is 18.9. The molecule has 9 heteroatoms. The molecule has 174 valence electrons. The molecule has 1 saturated heterocycles.